The van der Waals surface area contributed by atoms with Crippen LogP contribution < -0.4 is 5.32 Å². The van der Waals surface area contributed by atoms with Gasteiger partial charge in [-0.25, -0.2) is 4.79 Å². The van der Waals surface area contributed by atoms with Gasteiger partial charge in [-0.2, -0.15) is 0 Å². The van der Waals surface area contributed by atoms with Crippen LogP contribution in [0, 0.1) is 5.92 Å². The van der Waals surface area contributed by atoms with E-state index in [0.29, 0.717) is 11.6 Å². The van der Waals surface area contributed by atoms with Crippen LogP contribution in [0.15, 0.2) is 24.4 Å². The Labute approximate surface area is 102 Å². The van der Waals surface area contributed by atoms with E-state index in [0.717, 1.165) is 0 Å². The summed E-state index contributed by atoms with van der Waals surface area (Å²) in [5, 5.41) is 12.6. The summed E-state index contributed by atoms with van der Waals surface area (Å²) in [6.45, 7) is 7.74. The molecular formula is C13H20N2O2. The number of aromatic nitrogens is 1. The highest BCUT2D eigenvalue weighted by Crippen LogP contribution is 2.21. The number of hydrogen-bond acceptors (Lipinski definition) is 3. The van der Waals surface area contributed by atoms with Crippen LogP contribution in [-0.4, -0.2) is 22.1 Å². The molecule has 0 aliphatic heterocycles. The smallest absolute Gasteiger partial charge is 0.329 e. The number of hydrogen-bond donors (Lipinski definition) is 2. The highest BCUT2D eigenvalue weighted by atomic mass is 16.4. The Hall–Kier alpha value is -1.42. The summed E-state index contributed by atoms with van der Waals surface area (Å²) in [5.41, 5.74) is -0.620. The number of pyridine rings is 1. The summed E-state index contributed by atoms with van der Waals surface area (Å²) < 4.78 is 0. The predicted molar refractivity (Wildman–Crippen MR) is 66.7 cm³/mol. The molecule has 1 heterocycles. The number of nitrogens with one attached hydrogen (secondary N) is 1. The fraction of sp³-hybridized carbons (Fsp3) is 0.538. The lowest BCUT2D eigenvalue weighted by Gasteiger charge is -2.31. The lowest BCUT2D eigenvalue weighted by molar-refractivity contribution is -0.145. The van der Waals surface area contributed by atoms with E-state index in [9.17, 15) is 9.90 Å². The van der Waals surface area contributed by atoms with Gasteiger partial charge in [0.25, 0.3) is 0 Å². The first-order valence-electron chi connectivity index (χ1n) is 5.80. The second kappa shape index (κ2) is 5.27. The highest BCUT2D eigenvalue weighted by Gasteiger charge is 2.37. The van der Waals surface area contributed by atoms with Gasteiger partial charge in [0.15, 0.2) is 5.54 Å². The topological polar surface area (TPSA) is 62.2 Å². The second-order valence-electron chi connectivity index (χ2n) is 4.82. The number of carboxylic acids is 1. The van der Waals surface area contributed by atoms with E-state index in [2.05, 4.69) is 24.1 Å². The van der Waals surface area contributed by atoms with Crippen molar-refractivity contribution in [1.82, 2.24) is 10.3 Å². The average Bonchev–Trinajstić information content (AvgIpc) is 2.29. The summed E-state index contributed by atoms with van der Waals surface area (Å²) >= 11 is 0. The van der Waals surface area contributed by atoms with E-state index in [4.69, 9.17) is 0 Å². The molecule has 2 unspecified atom stereocenters. The number of rotatable bonds is 5. The maximum absolute atomic E-state index is 11.5. The molecule has 4 heteroatoms. The zero-order valence-electron chi connectivity index (χ0n) is 10.8. The molecule has 0 radical (unpaired) electrons. The van der Waals surface area contributed by atoms with Crippen LogP contribution in [0.1, 0.15) is 33.4 Å². The van der Waals surface area contributed by atoms with Crippen molar-refractivity contribution in [3.05, 3.63) is 30.1 Å². The Morgan fingerprint density at radius 1 is 1.41 bits per heavy atom. The standard InChI is InChI=1S/C13H20N2O2/c1-9(2)10(3)15-13(4,12(16)17)11-7-5-6-8-14-11/h5-10,15H,1-4H3,(H,16,17). The third kappa shape index (κ3) is 3.03. The molecule has 2 N–H and O–H groups in total. The zero-order chi connectivity index (χ0) is 13.1. The van der Waals surface area contributed by atoms with Crippen LogP contribution in [0.25, 0.3) is 0 Å². The molecule has 1 aromatic heterocycles. The summed E-state index contributed by atoms with van der Waals surface area (Å²) in [5.74, 6) is -0.555. The van der Waals surface area contributed by atoms with Gasteiger partial charge in [-0.15, -0.1) is 0 Å². The Morgan fingerprint density at radius 3 is 2.47 bits per heavy atom. The third-order valence-corrected chi connectivity index (χ3v) is 3.12. The first-order chi connectivity index (χ1) is 7.88. The van der Waals surface area contributed by atoms with Gasteiger partial charge in [-0.3, -0.25) is 10.3 Å². The molecule has 2 atom stereocenters. The summed E-state index contributed by atoms with van der Waals surface area (Å²) in [7, 11) is 0. The highest BCUT2D eigenvalue weighted by molar-refractivity contribution is 5.79. The van der Waals surface area contributed by atoms with Crippen molar-refractivity contribution in [1.29, 1.82) is 0 Å². The van der Waals surface area contributed by atoms with Gasteiger partial charge in [-0.05, 0) is 31.9 Å². The van der Waals surface area contributed by atoms with Gasteiger partial charge in [0.2, 0.25) is 0 Å². The second-order valence-corrected chi connectivity index (χ2v) is 4.82. The molecule has 1 aromatic rings. The molecule has 4 nitrogen and oxygen atoms in total. The number of aliphatic carboxylic acids is 1. The predicted octanol–water partition coefficient (Wildman–Crippen LogP) is 2.02. The van der Waals surface area contributed by atoms with Gasteiger partial charge >= 0.3 is 5.97 Å². The fourth-order valence-electron chi connectivity index (χ4n) is 1.53. The molecule has 0 spiro atoms. The Balaban J connectivity index is 3.03. The molecule has 17 heavy (non-hydrogen) atoms. The van der Waals surface area contributed by atoms with Gasteiger partial charge < -0.3 is 5.11 Å². The molecule has 0 fully saturated rings. The van der Waals surface area contributed by atoms with Crippen LogP contribution in [0.5, 0.6) is 0 Å². The summed E-state index contributed by atoms with van der Waals surface area (Å²) in [6.07, 6.45) is 1.61. The van der Waals surface area contributed by atoms with Gasteiger partial charge in [0, 0.05) is 12.2 Å². The largest absolute Gasteiger partial charge is 0.480 e. The van der Waals surface area contributed by atoms with Gasteiger partial charge in [0.1, 0.15) is 0 Å². The first kappa shape index (κ1) is 13.6. The van der Waals surface area contributed by atoms with Crippen molar-refractivity contribution >= 4 is 5.97 Å². The molecule has 94 valence electrons. The molecule has 0 aromatic carbocycles. The fourth-order valence-corrected chi connectivity index (χ4v) is 1.53. The molecule has 1 rings (SSSR count). The van der Waals surface area contributed by atoms with Crippen LogP contribution >= 0.6 is 0 Å². The first-order valence-corrected chi connectivity index (χ1v) is 5.80. The molecule has 0 saturated carbocycles. The SMILES string of the molecule is CC(C)C(C)NC(C)(C(=O)O)c1ccccn1. The van der Waals surface area contributed by atoms with Crippen molar-refractivity contribution in [3.63, 3.8) is 0 Å². The minimum atomic E-state index is -1.15. The van der Waals surface area contributed by atoms with E-state index in [1.165, 1.54) is 0 Å². The Bertz CT molecular complexity index is 378. The third-order valence-electron chi connectivity index (χ3n) is 3.12. The average molecular weight is 236 g/mol. The van der Waals surface area contributed by atoms with Crippen molar-refractivity contribution in [2.45, 2.75) is 39.3 Å². The number of carboxylic acid groups (broad SMARTS) is 1. The molecule has 0 saturated heterocycles. The number of carbonyl (C=O) groups is 1. The van der Waals surface area contributed by atoms with E-state index in [1.54, 1.807) is 31.3 Å². The Morgan fingerprint density at radius 2 is 2.06 bits per heavy atom. The maximum atomic E-state index is 11.5. The Kier molecular flexibility index (Phi) is 4.23. The van der Waals surface area contributed by atoms with Crippen molar-refractivity contribution in [2.75, 3.05) is 0 Å². The number of nitrogens with zero attached hydrogens (tertiary/aromatic N) is 1. The lowest BCUT2D eigenvalue weighted by atomic mass is 9.93. The van der Waals surface area contributed by atoms with Crippen LogP contribution in [-0.2, 0) is 10.3 Å². The van der Waals surface area contributed by atoms with Crippen molar-refractivity contribution in [2.24, 2.45) is 5.92 Å². The summed E-state index contributed by atoms with van der Waals surface area (Å²) in [6, 6.07) is 5.40. The van der Waals surface area contributed by atoms with E-state index >= 15 is 0 Å². The molecule has 0 amide bonds. The minimum Gasteiger partial charge on any atom is -0.480 e. The zero-order valence-corrected chi connectivity index (χ0v) is 10.8. The van der Waals surface area contributed by atoms with Crippen molar-refractivity contribution < 1.29 is 9.90 Å². The summed E-state index contributed by atoms with van der Waals surface area (Å²) in [4.78, 5) is 15.6. The molecule has 0 aliphatic carbocycles. The maximum Gasteiger partial charge on any atom is 0.329 e. The van der Waals surface area contributed by atoms with Gasteiger partial charge in [-0.1, -0.05) is 19.9 Å². The minimum absolute atomic E-state index is 0.0955. The van der Waals surface area contributed by atoms with Crippen molar-refractivity contribution in [3.8, 4) is 0 Å². The van der Waals surface area contributed by atoms with Crippen LogP contribution in [0.2, 0.25) is 0 Å². The lowest BCUT2D eigenvalue weighted by Crippen LogP contribution is -2.52. The van der Waals surface area contributed by atoms with E-state index < -0.39 is 11.5 Å². The van der Waals surface area contributed by atoms with Gasteiger partial charge in [0.05, 0.1) is 5.69 Å². The van der Waals surface area contributed by atoms with Crippen LogP contribution in [0.4, 0.5) is 0 Å². The van der Waals surface area contributed by atoms with E-state index in [-0.39, 0.29) is 6.04 Å². The molecular weight excluding hydrogens is 216 g/mol. The monoisotopic (exact) mass is 236 g/mol. The molecule has 0 aliphatic rings. The van der Waals surface area contributed by atoms with E-state index in [1.807, 2.05) is 6.92 Å². The quantitative estimate of drug-likeness (QED) is 0.821. The molecule has 0 bridgehead atoms. The van der Waals surface area contributed by atoms with Crippen LogP contribution in [0.3, 0.4) is 0 Å². The normalized spacial score (nSPS) is 16.5.